The molecule has 2 fully saturated rings. The van der Waals surface area contributed by atoms with E-state index in [1.807, 2.05) is 0 Å². The zero-order chi connectivity index (χ0) is 18.1. The molecule has 1 amide bonds. The highest BCUT2D eigenvalue weighted by Gasteiger charge is 2.81. The molecule has 2 atom stereocenters. The Hall–Kier alpha value is -2.59. The van der Waals surface area contributed by atoms with E-state index in [1.54, 1.807) is 0 Å². The van der Waals surface area contributed by atoms with Gasteiger partial charge in [0.15, 0.2) is 5.69 Å². The second-order valence-corrected chi connectivity index (χ2v) is 6.15. The summed E-state index contributed by atoms with van der Waals surface area (Å²) in [5.74, 6) is -3.55. The van der Waals surface area contributed by atoms with Crippen molar-refractivity contribution in [3.05, 3.63) is 17.5 Å². The Labute approximate surface area is 132 Å². The van der Waals surface area contributed by atoms with Crippen LogP contribution >= 0.6 is 0 Å². The highest BCUT2D eigenvalue weighted by atomic mass is 19.4. The van der Waals surface area contributed by atoms with Crippen LogP contribution in [0.25, 0.3) is 0 Å². The van der Waals surface area contributed by atoms with Gasteiger partial charge in [0.05, 0.1) is 0 Å². The van der Waals surface area contributed by atoms with Crippen molar-refractivity contribution in [2.24, 2.45) is 17.9 Å². The Kier molecular flexibility index (Phi) is 3.04. The third kappa shape index (κ3) is 1.93. The number of carbonyl (C=O) groups excluding carboxylic acids is 1. The van der Waals surface area contributed by atoms with Gasteiger partial charge in [-0.05, 0) is 6.42 Å². The fourth-order valence-electron chi connectivity index (χ4n) is 3.40. The quantitative estimate of drug-likeness (QED) is 0.820. The van der Waals surface area contributed by atoms with Crippen LogP contribution in [-0.4, -0.2) is 55.8 Å². The van der Waals surface area contributed by atoms with Crippen molar-refractivity contribution < 1.29 is 37.8 Å². The first-order valence-electron chi connectivity index (χ1n) is 6.82. The molecule has 1 aliphatic heterocycles. The van der Waals surface area contributed by atoms with Crippen LogP contribution < -0.4 is 0 Å². The van der Waals surface area contributed by atoms with Crippen LogP contribution in [-0.2, 0) is 22.8 Å². The highest BCUT2D eigenvalue weighted by Crippen LogP contribution is 2.68. The summed E-state index contributed by atoms with van der Waals surface area (Å²) in [5.41, 5.74) is -4.80. The number of amides is 1. The van der Waals surface area contributed by atoms with Crippen LogP contribution in [0, 0.1) is 10.8 Å². The number of fused-ring (bicyclic) bond motifs is 1. The average molecular weight is 347 g/mol. The number of aryl methyl sites for hydroxylation is 1. The number of halogens is 3. The summed E-state index contributed by atoms with van der Waals surface area (Å²) in [5, 5.41) is 21.8. The number of likely N-dealkylation sites (tertiary alicyclic amines) is 1. The van der Waals surface area contributed by atoms with Crippen molar-refractivity contribution in [1.82, 2.24) is 14.7 Å². The molecule has 2 N–H and O–H groups in total. The maximum atomic E-state index is 12.7. The van der Waals surface area contributed by atoms with Gasteiger partial charge in [-0.25, -0.2) is 0 Å². The van der Waals surface area contributed by atoms with Crippen LogP contribution in [0.2, 0.25) is 0 Å². The molecule has 0 bridgehead atoms. The molecule has 0 aromatic carbocycles. The molecule has 24 heavy (non-hydrogen) atoms. The zero-order valence-electron chi connectivity index (χ0n) is 12.3. The van der Waals surface area contributed by atoms with Gasteiger partial charge in [0, 0.05) is 26.2 Å². The highest BCUT2D eigenvalue weighted by molar-refractivity contribution is 5.99. The van der Waals surface area contributed by atoms with Gasteiger partial charge in [-0.3, -0.25) is 19.1 Å². The van der Waals surface area contributed by atoms with Gasteiger partial charge >= 0.3 is 18.1 Å². The predicted octanol–water partition coefficient (Wildman–Crippen LogP) is 0.440. The first kappa shape index (κ1) is 16.3. The molecule has 0 spiro atoms. The molecule has 2 aliphatic rings. The lowest BCUT2D eigenvalue weighted by Gasteiger charge is -2.19. The number of rotatable bonds is 3. The summed E-state index contributed by atoms with van der Waals surface area (Å²) in [6.45, 7) is -0.722. The summed E-state index contributed by atoms with van der Waals surface area (Å²) in [6, 6.07) is 0.563. The molecule has 1 saturated carbocycles. The summed E-state index contributed by atoms with van der Waals surface area (Å²) >= 11 is 0. The number of carbonyl (C=O) groups is 3. The Bertz CT molecular complexity index is 745. The fourth-order valence-corrected chi connectivity index (χ4v) is 3.40. The molecular weight excluding hydrogens is 335 g/mol. The lowest BCUT2D eigenvalue weighted by molar-refractivity contribution is -0.151. The molecule has 1 aliphatic carbocycles. The first-order valence-corrected chi connectivity index (χ1v) is 6.82. The number of carboxylic acids is 2. The van der Waals surface area contributed by atoms with Crippen molar-refractivity contribution in [3.63, 3.8) is 0 Å². The standard InChI is InChI=1S/C13H12F3N3O5/c1-18-6(2-7(17-18)13(14,15)16)8(20)19-4-11(9(21)22)3-12(11,5-19)10(23)24/h2H,3-5H2,1H3,(H,21,22)(H,23,24)/t11-,12+. The predicted molar refractivity (Wildman–Crippen MR) is 68.9 cm³/mol. The molecule has 1 saturated heterocycles. The fraction of sp³-hybridized carbons (Fsp3) is 0.538. The van der Waals surface area contributed by atoms with Crippen molar-refractivity contribution in [2.45, 2.75) is 12.6 Å². The topological polar surface area (TPSA) is 113 Å². The molecule has 1 aromatic rings. The van der Waals surface area contributed by atoms with Crippen molar-refractivity contribution in [3.8, 4) is 0 Å². The molecule has 8 nitrogen and oxygen atoms in total. The number of hydrogen-bond donors (Lipinski definition) is 2. The SMILES string of the molecule is Cn1nc(C(F)(F)F)cc1C(=O)N1C[C@@]2(C(=O)O)C[C@@]2(C(=O)O)C1. The largest absolute Gasteiger partial charge is 0.481 e. The molecule has 2 heterocycles. The van der Waals surface area contributed by atoms with Crippen LogP contribution in [0.15, 0.2) is 6.07 Å². The van der Waals surface area contributed by atoms with E-state index in [0.29, 0.717) is 6.07 Å². The second kappa shape index (κ2) is 4.48. The number of alkyl halides is 3. The minimum atomic E-state index is -4.73. The van der Waals surface area contributed by atoms with E-state index in [-0.39, 0.29) is 25.2 Å². The number of hydrogen-bond acceptors (Lipinski definition) is 4. The lowest BCUT2D eigenvalue weighted by atomic mass is 9.97. The minimum absolute atomic E-state index is 0.104. The molecule has 0 radical (unpaired) electrons. The minimum Gasteiger partial charge on any atom is -0.481 e. The van der Waals surface area contributed by atoms with Crippen LogP contribution in [0.1, 0.15) is 22.6 Å². The molecule has 3 rings (SSSR count). The van der Waals surface area contributed by atoms with Gasteiger partial charge in [0.25, 0.3) is 5.91 Å². The lowest BCUT2D eigenvalue weighted by Crippen LogP contribution is -2.35. The van der Waals surface area contributed by atoms with Crippen molar-refractivity contribution >= 4 is 17.8 Å². The van der Waals surface area contributed by atoms with Gasteiger partial charge < -0.3 is 15.1 Å². The Morgan fingerprint density at radius 2 is 1.67 bits per heavy atom. The van der Waals surface area contributed by atoms with Crippen LogP contribution in [0.4, 0.5) is 13.2 Å². The number of piperidine rings is 1. The van der Waals surface area contributed by atoms with Crippen molar-refractivity contribution in [2.75, 3.05) is 13.1 Å². The monoisotopic (exact) mass is 347 g/mol. The van der Waals surface area contributed by atoms with Crippen molar-refractivity contribution in [1.29, 1.82) is 0 Å². The molecular formula is C13H12F3N3O5. The van der Waals surface area contributed by atoms with Gasteiger partial charge in [-0.1, -0.05) is 0 Å². The number of carboxylic acid groups (broad SMARTS) is 2. The number of aliphatic carboxylic acids is 2. The van der Waals surface area contributed by atoms with Gasteiger partial charge in [0.2, 0.25) is 0 Å². The first-order chi connectivity index (χ1) is 10.9. The van der Waals surface area contributed by atoms with Crippen LogP contribution in [0.5, 0.6) is 0 Å². The third-order valence-corrected chi connectivity index (χ3v) is 4.81. The van der Waals surface area contributed by atoms with E-state index >= 15 is 0 Å². The van der Waals surface area contributed by atoms with E-state index in [0.717, 1.165) is 16.6 Å². The Morgan fingerprint density at radius 1 is 1.17 bits per heavy atom. The Morgan fingerprint density at radius 3 is 2.04 bits per heavy atom. The smallest absolute Gasteiger partial charge is 0.435 e. The Balaban J connectivity index is 1.90. The maximum absolute atomic E-state index is 12.7. The normalized spacial score (nSPS) is 28.6. The van der Waals surface area contributed by atoms with E-state index in [9.17, 15) is 37.8 Å². The summed E-state index contributed by atoms with van der Waals surface area (Å²) in [7, 11) is 1.15. The molecule has 0 unspecified atom stereocenters. The van der Waals surface area contributed by atoms with E-state index in [1.165, 1.54) is 0 Å². The van der Waals surface area contributed by atoms with E-state index in [2.05, 4.69) is 5.10 Å². The van der Waals surface area contributed by atoms with E-state index < -0.39 is 40.5 Å². The number of nitrogens with zero attached hydrogens (tertiary/aromatic N) is 3. The number of aromatic nitrogens is 2. The maximum Gasteiger partial charge on any atom is 0.435 e. The molecule has 11 heteroatoms. The third-order valence-electron chi connectivity index (χ3n) is 4.81. The summed E-state index contributed by atoms with van der Waals surface area (Å²) in [6.07, 6.45) is -4.83. The van der Waals surface area contributed by atoms with E-state index in [4.69, 9.17) is 0 Å². The van der Waals surface area contributed by atoms with Gasteiger partial charge in [-0.15, -0.1) is 0 Å². The average Bonchev–Trinajstić information content (AvgIpc) is 2.77. The molecule has 1 aromatic heterocycles. The van der Waals surface area contributed by atoms with Gasteiger partial charge in [-0.2, -0.15) is 18.3 Å². The second-order valence-electron chi connectivity index (χ2n) is 6.15. The summed E-state index contributed by atoms with van der Waals surface area (Å²) in [4.78, 5) is 36.2. The zero-order valence-corrected chi connectivity index (χ0v) is 12.3. The van der Waals surface area contributed by atoms with Gasteiger partial charge in [0.1, 0.15) is 16.5 Å². The molecule has 130 valence electrons. The summed E-state index contributed by atoms with van der Waals surface area (Å²) < 4.78 is 38.8. The van der Waals surface area contributed by atoms with Crippen LogP contribution in [0.3, 0.4) is 0 Å².